The Hall–Kier alpha value is -1.98. The summed E-state index contributed by atoms with van der Waals surface area (Å²) in [5.74, 6) is 0.885. The minimum atomic E-state index is -4.46. The molecule has 2 aliphatic carbocycles. The number of piperazine rings is 1. The molecule has 0 unspecified atom stereocenters. The largest absolute Gasteiger partial charge is 0.418 e. The molecule has 1 aromatic heterocycles. The van der Waals surface area contributed by atoms with Crippen LogP contribution in [0.1, 0.15) is 50.5 Å². The fourth-order valence-corrected chi connectivity index (χ4v) is 7.69. The summed E-state index contributed by atoms with van der Waals surface area (Å²) in [7, 11) is 1.72. The number of ether oxygens (including phenoxy) is 2. The van der Waals surface area contributed by atoms with E-state index in [1.54, 1.807) is 7.11 Å². The minimum Gasteiger partial charge on any atom is -0.379 e. The van der Waals surface area contributed by atoms with Gasteiger partial charge in [0, 0.05) is 38.9 Å². The lowest BCUT2D eigenvalue weighted by molar-refractivity contribution is -0.144. The Labute approximate surface area is 208 Å². The minimum absolute atomic E-state index is 0.00911. The van der Waals surface area contributed by atoms with Crippen molar-refractivity contribution in [3.63, 3.8) is 0 Å². The zero-order chi connectivity index (χ0) is 25.1. The maximum Gasteiger partial charge on any atom is 0.418 e. The van der Waals surface area contributed by atoms with Crippen LogP contribution in [0.3, 0.4) is 0 Å². The van der Waals surface area contributed by atoms with Crippen molar-refractivity contribution in [3.05, 3.63) is 17.8 Å². The molecule has 1 aromatic rings. The van der Waals surface area contributed by atoms with Crippen LogP contribution in [0.25, 0.3) is 0 Å². The highest BCUT2D eigenvalue weighted by Gasteiger charge is 2.59. The molecule has 2 bridgehead atoms. The van der Waals surface area contributed by atoms with E-state index in [4.69, 9.17) is 9.47 Å². The molecule has 3 saturated heterocycles. The van der Waals surface area contributed by atoms with Gasteiger partial charge in [0.1, 0.15) is 0 Å². The Morgan fingerprint density at radius 1 is 1.25 bits per heavy atom. The first-order chi connectivity index (χ1) is 17.3. The van der Waals surface area contributed by atoms with Crippen molar-refractivity contribution in [1.82, 2.24) is 20.4 Å². The Kier molecular flexibility index (Phi) is 6.15. The van der Waals surface area contributed by atoms with Crippen LogP contribution < -0.4 is 10.2 Å². The quantitative estimate of drug-likeness (QED) is 0.654. The zero-order valence-corrected chi connectivity index (χ0v) is 20.5. The van der Waals surface area contributed by atoms with Crippen molar-refractivity contribution in [2.75, 3.05) is 38.3 Å². The number of nitrogens with one attached hydrogen (secondary N) is 1. The van der Waals surface area contributed by atoms with E-state index >= 15 is 0 Å². The number of carbonyl (C=O) groups is 1. The van der Waals surface area contributed by atoms with Crippen molar-refractivity contribution >= 4 is 11.7 Å². The van der Waals surface area contributed by atoms with Crippen LogP contribution in [0.2, 0.25) is 0 Å². The monoisotopic (exact) mass is 509 g/mol. The van der Waals surface area contributed by atoms with Gasteiger partial charge in [-0.3, -0.25) is 4.79 Å². The number of hydrogen-bond acceptors (Lipinski definition) is 7. The predicted octanol–water partition coefficient (Wildman–Crippen LogP) is 2.63. The van der Waals surface area contributed by atoms with Gasteiger partial charge in [-0.2, -0.15) is 18.3 Å². The first kappa shape index (κ1) is 24.4. The van der Waals surface area contributed by atoms with Gasteiger partial charge >= 0.3 is 6.18 Å². The first-order valence-corrected chi connectivity index (χ1v) is 13.1. The van der Waals surface area contributed by atoms with E-state index in [-0.39, 0.29) is 47.4 Å². The number of anilines is 1. The van der Waals surface area contributed by atoms with E-state index in [0.717, 1.165) is 63.8 Å². The van der Waals surface area contributed by atoms with Gasteiger partial charge in [-0.05, 0) is 50.5 Å². The van der Waals surface area contributed by atoms with E-state index in [2.05, 4.69) is 15.5 Å². The Balaban J connectivity index is 1.13. The smallest absolute Gasteiger partial charge is 0.379 e. The van der Waals surface area contributed by atoms with Gasteiger partial charge < -0.3 is 24.6 Å². The number of fused-ring (bicyclic) bond motifs is 3. The standard InChI is InChI=1S/C25H34F3N5O3/c1-35-21-14-36-6-4-20(21)30-17-7-15-3-2-5-24(15,10-17)23(34)33-13-18-9-19(33)12-32(18)22-8-16(11-29-31-22)25(26,27)28/h8,11,15,17-21,30H,2-7,9-10,12-14H2,1H3/t15-,17-,18+,19+,20+,21-,24-/m1/s1. The number of amides is 1. The van der Waals surface area contributed by atoms with Crippen LogP contribution in [0.4, 0.5) is 19.0 Å². The number of methoxy groups -OCH3 is 1. The fraction of sp³-hybridized carbons (Fsp3) is 0.800. The van der Waals surface area contributed by atoms with E-state index in [1.807, 2.05) is 9.80 Å². The number of alkyl halides is 3. The summed E-state index contributed by atoms with van der Waals surface area (Å²) in [4.78, 5) is 18.0. The maximum atomic E-state index is 14.1. The highest BCUT2D eigenvalue weighted by molar-refractivity contribution is 5.85. The van der Waals surface area contributed by atoms with Gasteiger partial charge in [0.15, 0.2) is 5.82 Å². The second-order valence-corrected chi connectivity index (χ2v) is 11.2. The van der Waals surface area contributed by atoms with Gasteiger partial charge in [-0.25, -0.2) is 0 Å². The van der Waals surface area contributed by atoms with E-state index in [0.29, 0.717) is 25.6 Å². The lowest BCUT2D eigenvalue weighted by Gasteiger charge is -2.40. The van der Waals surface area contributed by atoms with Gasteiger partial charge in [-0.15, -0.1) is 5.10 Å². The van der Waals surface area contributed by atoms with Gasteiger partial charge in [0.2, 0.25) is 5.91 Å². The van der Waals surface area contributed by atoms with Crippen LogP contribution >= 0.6 is 0 Å². The molecule has 8 nitrogen and oxygen atoms in total. The Morgan fingerprint density at radius 2 is 2.11 bits per heavy atom. The summed E-state index contributed by atoms with van der Waals surface area (Å²) >= 11 is 0. The summed E-state index contributed by atoms with van der Waals surface area (Å²) < 4.78 is 50.7. The van der Waals surface area contributed by atoms with Crippen LogP contribution in [0, 0.1) is 11.3 Å². The third-order valence-electron chi connectivity index (χ3n) is 9.38. The molecule has 2 saturated carbocycles. The molecule has 1 N–H and O–H groups in total. The first-order valence-electron chi connectivity index (χ1n) is 13.1. The summed E-state index contributed by atoms with van der Waals surface area (Å²) in [6.45, 7) is 2.37. The van der Waals surface area contributed by atoms with Crippen LogP contribution in [-0.2, 0) is 20.4 Å². The van der Waals surface area contributed by atoms with Crippen molar-refractivity contribution in [1.29, 1.82) is 0 Å². The molecule has 1 amide bonds. The molecule has 0 aromatic carbocycles. The molecule has 36 heavy (non-hydrogen) atoms. The fourth-order valence-electron chi connectivity index (χ4n) is 7.69. The molecular weight excluding hydrogens is 475 g/mol. The number of halogens is 3. The molecule has 3 aliphatic heterocycles. The molecular formula is C25H34F3N5O3. The van der Waals surface area contributed by atoms with E-state index < -0.39 is 11.7 Å². The Morgan fingerprint density at radius 3 is 2.86 bits per heavy atom. The second kappa shape index (κ2) is 9.09. The van der Waals surface area contributed by atoms with Gasteiger partial charge in [0.05, 0.1) is 42.0 Å². The van der Waals surface area contributed by atoms with Crippen molar-refractivity contribution in [3.8, 4) is 0 Å². The second-order valence-electron chi connectivity index (χ2n) is 11.2. The summed E-state index contributed by atoms with van der Waals surface area (Å²) in [6.07, 6.45) is 2.95. The zero-order valence-electron chi connectivity index (χ0n) is 20.5. The number of hydrogen-bond donors (Lipinski definition) is 1. The third kappa shape index (κ3) is 4.07. The molecule has 6 rings (SSSR count). The maximum absolute atomic E-state index is 14.1. The lowest BCUT2D eigenvalue weighted by Crippen LogP contribution is -2.54. The SMILES string of the molecule is CO[C@@H]1COCC[C@@H]1N[C@@H]1C[C@H]2CCC[C@@]2(C(=O)N2C[C@@H]3C[C@H]2CN3c2cc(C(F)(F)F)cnn2)C1. The lowest BCUT2D eigenvalue weighted by atomic mass is 9.78. The molecule has 5 aliphatic rings. The third-order valence-corrected chi connectivity index (χ3v) is 9.38. The van der Waals surface area contributed by atoms with Gasteiger partial charge in [0.25, 0.3) is 0 Å². The normalized spacial score (nSPS) is 38.1. The van der Waals surface area contributed by atoms with Gasteiger partial charge in [-0.1, -0.05) is 6.42 Å². The summed E-state index contributed by atoms with van der Waals surface area (Å²) in [5.41, 5.74) is -1.11. The highest BCUT2D eigenvalue weighted by Crippen LogP contribution is 2.56. The molecule has 0 spiro atoms. The average molecular weight is 510 g/mol. The molecule has 7 atom stereocenters. The van der Waals surface area contributed by atoms with Crippen molar-refractivity contribution < 1.29 is 27.4 Å². The van der Waals surface area contributed by atoms with Crippen LogP contribution in [0.5, 0.6) is 0 Å². The molecule has 5 fully saturated rings. The number of aromatic nitrogens is 2. The molecule has 11 heteroatoms. The number of nitrogens with zero attached hydrogens (tertiary/aromatic N) is 4. The van der Waals surface area contributed by atoms with Crippen LogP contribution in [-0.4, -0.2) is 84.7 Å². The molecule has 198 valence electrons. The van der Waals surface area contributed by atoms with Crippen molar-refractivity contribution in [2.45, 2.75) is 81.4 Å². The molecule has 0 radical (unpaired) electrons. The van der Waals surface area contributed by atoms with Crippen molar-refractivity contribution in [2.24, 2.45) is 11.3 Å². The predicted molar refractivity (Wildman–Crippen MR) is 124 cm³/mol. The summed E-state index contributed by atoms with van der Waals surface area (Å²) in [6, 6.07) is 1.59. The number of rotatable bonds is 5. The topological polar surface area (TPSA) is 79.8 Å². The van der Waals surface area contributed by atoms with E-state index in [1.165, 1.54) is 0 Å². The Bertz CT molecular complexity index is 996. The molecule has 4 heterocycles. The van der Waals surface area contributed by atoms with Crippen LogP contribution in [0.15, 0.2) is 12.3 Å². The van der Waals surface area contributed by atoms with E-state index in [9.17, 15) is 18.0 Å². The summed E-state index contributed by atoms with van der Waals surface area (Å²) in [5, 5.41) is 11.4. The number of likely N-dealkylation sites (tertiary alicyclic amines) is 1. The number of carbonyl (C=O) groups excluding carboxylic acids is 1. The highest BCUT2D eigenvalue weighted by atomic mass is 19.4. The average Bonchev–Trinajstić information content (AvgIpc) is 3.63.